The summed E-state index contributed by atoms with van der Waals surface area (Å²) in [5.74, 6) is -0.712. The third kappa shape index (κ3) is 6.86. The number of aliphatic hydroxyl groups excluding tert-OH is 2. The van der Waals surface area contributed by atoms with Crippen molar-refractivity contribution in [2.45, 2.75) is 39.9 Å². The van der Waals surface area contributed by atoms with Crippen molar-refractivity contribution >= 4 is 5.97 Å². The summed E-state index contributed by atoms with van der Waals surface area (Å²) >= 11 is 0. The lowest BCUT2D eigenvalue weighted by molar-refractivity contribution is 0.0696. The average molecular weight is 369 g/mol. The highest BCUT2D eigenvalue weighted by atomic mass is 16.4. The molecule has 5 heteroatoms. The van der Waals surface area contributed by atoms with Gasteiger partial charge in [-0.1, -0.05) is 52.0 Å². The second-order valence-electron chi connectivity index (χ2n) is 7.05. The summed E-state index contributed by atoms with van der Waals surface area (Å²) in [5, 5.41) is 36.8. The summed E-state index contributed by atoms with van der Waals surface area (Å²) in [7, 11) is 0. The van der Waals surface area contributed by atoms with Gasteiger partial charge in [0.1, 0.15) is 0 Å². The fourth-order valence-corrected chi connectivity index (χ4v) is 2.42. The lowest BCUT2D eigenvalue weighted by atomic mass is 9.98. The van der Waals surface area contributed by atoms with E-state index < -0.39 is 18.2 Å². The molecule has 0 aromatic heterocycles. The number of nitrogens with zero attached hydrogens (tertiary/aromatic N) is 1. The molecule has 2 aromatic rings. The number of nitriles is 1. The Bertz CT molecular complexity index is 793. The Morgan fingerprint density at radius 1 is 0.889 bits per heavy atom. The molecule has 0 bridgehead atoms. The van der Waals surface area contributed by atoms with Crippen molar-refractivity contribution in [3.8, 4) is 6.07 Å². The zero-order valence-electron chi connectivity index (χ0n) is 16.1. The van der Waals surface area contributed by atoms with Gasteiger partial charge in [-0.2, -0.15) is 5.26 Å². The number of aliphatic hydroxyl groups is 2. The van der Waals surface area contributed by atoms with E-state index in [9.17, 15) is 15.0 Å². The van der Waals surface area contributed by atoms with Crippen LogP contribution in [0.5, 0.6) is 0 Å². The molecule has 3 N–H and O–H groups in total. The summed E-state index contributed by atoms with van der Waals surface area (Å²) in [5.41, 5.74) is 2.27. The fourth-order valence-electron chi connectivity index (χ4n) is 2.42. The van der Waals surface area contributed by atoms with Gasteiger partial charge in [0.05, 0.1) is 29.4 Å². The molecular formula is C22H27NO4. The summed E-state index contributed by atoms with van der Waals surface area (Å²) in [4.78, 5) is 10.7. The van der Waals surface area contributed by atoms with Crippen LogP contribution in [0.3, 0.4) is 0 Å². The number of aromatic carboxylic acids is 1. The molecule has 2 aromatic carbocycles. The van der Waals surface area contributed by atoms with Gasteiger partial charge >= 0.3 is 5.97 Å². The first-order valence-electron chi connectivity index (χ1n) is 8.86. The van der Waals surface area contributed by atoms with Crippen molar-refractivity contribution in [1.82, 2.24) is 0 Å². The van der Waals surface area contributed by atoms with E-state index in [0.717, 1.165) is 5.56 Å². The first-order chi connectivity index (χ1) is 12.7. The molecule has 2 rings (SSSR count). The second-order valence-corrected chi connectivity index (χ2v) is 7.05. The van der Waals surface area contributed by atoms with E-state index in [0.29, 0.717) is 11.1 Å². The molecule has 0 amide bonds. The predicted molar refractivity (Wildman–Crippen MR) is 104 cm³/mol. The number of benzene rings is 2. The molecule has 144 valence electrons. The van der Waals surface area contributed by atoms with E-state index >= 15 is 0 Å². The molecular weight excluding hydrogens is 342 g/mol. The Kier molecular flexibility index (Phi) is 8.67. The maximum Gasteiger partial charge on any atom is 0.335 e. The van der Waals surface area contributed by atoms with Gasteiger partial charge in [0.15, 0.2) is 0 Å². The quantitative estimate of drug-likeness (QED) is 0.728. The molecule has 0 aliphatic rings. The van der Waals surface area contributed by atoms with Crippen LogP contribution < -0.4 is 0 Å². The van der Waals surface area contributed by atoms with E-state index in [1.165, 1.54) is 12.1 Å². The van der Waals surface area contributed by atoms with Gasteiger partial charge in [-0.25, -0.2) is 4.79 Å². The normalized spacial score (nSPS) is 12.7. The van der Waals surface area contributed by atoms with Gasteiger partial charge in [-0.05, 0) is 47.2 Å². The Hall–Kier alpha value is -2.68. The standard InChI is InChI=1S/C11H13NO.C11H14O3/c1-8(2)11(13)10-5-3-4-9(6-10)7-12;1-7(2)10(12)8-4-3-5-9(6-8)11(13)14/h3-6,8,11,13H,1-2H3;3-7,10,12H,1-2H3,(H,13,14). The van der Waals surface area contributed by atoms with E-state index in [1.807, 2.05) is 33.8 Å². The topological polar surface area (TPSA) is 102 Å². The minimum atomic E-state index is -0.970. The average Bonchev–Trinajstić information content (AvgIpc) is 2.67. The van der Waals surface area contributed by atoms with Crippen molar-refractivity contribution in [3.63, 3.8) is 0 Å². The maximum absolute atomic E-state index is 10.7. The molecule has 2 unspecified atom stereocenters. The van der Waals surface area contributed by atoms with E-state index in [4.69, 9.17) is 10.4 Å². The predicted octanol–water partition coefficient (Wildman–Crippen LogP) is 4.32. The number of carbonyl (C=O) groups is 1. The number of carboxylic acids is 1. The van der Waals surface area contributed by atoms with Crippen LogP contribution in [0.4, 0.5) is 0 Å². The van der Waals surface area contributed by atoms with Crippen LogP contribution in [0.2, 0.25) is 0 Å². The molecule has 2 atom stereocenters. The molecule has 0 spiro atoms. The van der Waals surface area contributed by atoms with Gasteiger partial charge in [-0.3, -0.25) is 0 Å². The van der Waals surface area contributed by atoms with Crippen molar-refractivity contribution in [2.24, 2.45) is 11.8 Å². The zero-order valence-corrected chi connectivity index (χ0v) is 16.1. The lowest BCUT2D eigenvalue weighted by Crippen LogP contribution is -2.06. The Morgan fingerprint density at radius 3 is 1.81 bits per heavy atom. The molecule has 5 nitrogen and oxygen atoms in total. The highest BCUT2D eigenvalue weighted by Crippen LogP contribution is 2.22. The third-order valence-corrected chi connectivity index (χ3v) is 4.10. The zero-order chi connectivity index (χ0) is 20.6. The number of rotatable bonds is 5. The van der Waals surface area contributed by atoms with Crippen LogP contribution in [-0.4, -0.2) is 21.3 Å². The monoisotopic (exact) mass is 369 g/mol. The van der Waals surface area contributed by atoms with Crippen LogP contribution in [0.25, 0.3) is 0 Å². The fraction of sp³-hybridized carbons (Fsp3) is 0.364. The van der Waals surface area contributed by atoms with Crippen molar-refractivity contribution < 1.29 is 20.1 Å². The van der Waals surface area contributed by atoms with Crippen molar-refractivity contribution in [2.75, 3.05) is 0 Å². The molecule has 0 saturated heterocycles. The van der Waals surface area contributed by atoms with Gasteiger partial charge in [0, 0.05) is 0 Å². The molecule has 0 fully saturated rings. The van der Waals surface area contributed by atoms with E-state index in [1.54, 1.807) is 30.3 Å². The molecule has 27 heavy (non-hydrogen) atoms. The Balaban J connectivity index is 0.000000271. The van der Waals surface area contributed by atoms with E-state index in [2.05, 4.69) is 6.07 Å². The van der Waals surface area contributed by atoms with Crippen LogP contribution in [-0.2, 0) is 0 Å². The minimum Gasteiger partial charge on any atom is -0.478 e. The summed E-state index contributed by atoms with van der Waals surface area (Å²) < 4.78 is 0. The molecule has 0 aliphatic carbocycles. The molecule has 0 radical (unpaired) electrons. The molecule has 0 heterocycles. The van der Waals surface area contributed by atoms with E-state index in [-0.39, 0.29) is 17.4 Å². The van der Waals surface area contributed by atoms with Crippen LogP contribution in [0, 0.1) is 23.2 Å². The summed E-state index contributed by atoms with van der Waals surface area (Å²) in [6.45, 7) is 7.67. The Morgan fingerprint density at radius 2 is 1.37 bits per heavy atom. The largest absolute Gasteiger partial charge is 0.478 e. The highest BCUT2D eigenvalue weighted by Gasteiger charge is 2.13. The molecule has 0 saturated carbocycles. The van der Waals surface area contributed by atoms with Gasteiger partial charge in [0.25, 0.3) is 0 Å². The van der Waals surface area contributed by atoms with Gasteiger partial charge in [-0.15, -0.1) is 0 Å². The lowest BCUT2D eigenvalue weighted by Gasteiger charge is -2.14. The molecule has 0 aliphatic heterocycles. The number of hydrogen-bond donors (Lipinski definition) is 3. The smallest absolute Gasteiger partial charge is 0.335 e. The SMILES string of the molecule is CC(C)C(O)c1cccc(C#N)c1.CC(C)C(O)c1cccc(C(=O)O)c1. The van der Waals surface area contributed by atoms with Crippen molar-refractivity contribution in [3.05, 3.63) is 70.8 Å². The second kappa shape index (κ2) is 10.5. The minimum absolute atomic E-state index is 0.0824. The third-order valence-electron chi connectivity index (χ3n) is 4.10. The number of hydrogen-bond acceptors (Lipinski definition) is 4. The number of carboxylic acid groups (broad SMARTS) is 1. The summed E-state index contributed by atoms with van der Waals surface area (Å²) in [6.07, 6.45) is -1.08. The Labute approximate surface area is 160 Å². The van der Waals surface area contributed by atoms with Crippen LogP contribution >= 0.6 is 0 Å². The maximum atomic E-state index is 10.7. The highest BCUT2D eigenvalue weighted by molar-refractivity contribution is 5.87. The van der Waals surface area contributed by atoms with Crippen LogP contribution in [0.1, 0.15) is 67.0 Å². The van der Waals surface area contributed by atoms with Crippen LogP contribution in [0.15, 0.2) is 48.5 Å². The van der Waals surface area contributed by atoms with Crippen molar-refractivity contribution in [1.29, 1.82) is 5.26 Å². The first kappa shape index (κ1) is 22.4. The van der Waals surface area contributed by atoms with Gasteiger partial charge in [0.2, 0.25) is 0 Å². The summed E-state index contributed by atoms with van der Waals surface area (Å²) in [6, 6.07) is 15.5. The van der Waals surface area contributed by atoms with Gasteiger partial charge < -0.3 is 15.3 Å². The first-order valence-corrected chi connectivity index (χ1v) is 8.86.